The van der Waals surface area contributed by atoms with Gasteiger partial charge in [-0.15, -0.1) is 0 Å². The van der Waals surface area contributed by atoms with E-state index in [1.54, 1.807) is 6.92 Å². The van der Waals surface area contributed by atoms with Gasteiger partial charge in [-0.3, -0.25) is 19.7 Å². The largest absolute Gasteiger partial charge is 0.304 e. The second-order valence-electron chi connectivity index (χ2n) is 5.94. The van der Waals surface area contributed by atoms with E-state index >= 15 is 0 Å². The van der Waals surface area contributed by atoms with Crippen LogP contribution in [0.25, 0.3) is 0 Å². The molecule has 3 rings (SSSR count). The van der Waals surface area contributed by atoms with E-state index in [1.807, 2.05) is 0 Å². The molecule has 0 spiro atoms. The van der Waals surface area contributed by atoms with Crippen molar-refractivity contribution in [3.8, 4) is 0 Å². The van der Waals surface area contributed by atoms with E-state index in [2.05, 4.69) is 0 Å². The summed E-state index contributed by atoms with van der Waals surface area (Å²) in [5.41, 5.74) is 1.80. The molecule has 25 heavy (non-hydrogen) atoms. The van der Waals surface area contributed by atoms with E-state index in [9.17, 15) is 24.1 Å². The number of rotatable bonds is 4. The Balaban J connectivity index is 1.89. The maximum atomic E-state index is 13.4. The second kappa shape index (κ2) is 6.43. The van der Waals surface area contributed by atoms with Crippen LogP contribution in [0.2, 0.25) is 0 Å². The molecule has 1 heterocycles. The van der Waals surface area contributed by atoms with Crippen LogP contribution in [0.1, 0.15) is 27.9 Å². The summed E-state index contributed by atoms with van der Waals surface area (Å²) in [6.07, 6.45) is 0.583. The van der Waals surface area contributed by atoms with Crippen LogP contribution in [-0.2, 0) is 11.2 Å². The zero-order chi connectivity index (χ0) is 18.1. The third-order valence-corrected chi connectivity index (χ3v) is 4.26. The van der Waals surface area contributed by atoms with Crippen LogP contribution in [0.3, 0.4) is 0 Å². The minimum atomic E-state index is -0.493. The fourth-order valence-electron chi connectivity index (χ4n) is 2.89. The lowest BCUT2D eigenvalue weighted by Gasteiger charge is -2.28. The lowest BCUT2D eigenvalue weighted by molar-refractivity contribution is -0.384. The van der Waals surface area contributed by atoms with Gasteiger partial charge in [-0.2, -0.15) is 0 Å². The van der Waals surface area contributed by atoms with Crippen molar-refractivity contribution in [1.29, 1.82) is 0 Å². The number of aryl methyl sites for hydroxylation is 2. The molecule has 2 aromatic rings. The second-order valence-corrected chi connectivity index (χ2v) is 5.94. The maximum absolute atomic E-state index is 13.4. The molecule has 7 heteroatoms. The minimum absolute atomic E-state index is 0.0477. The highest BCUT2D eigenvalue weighted by molar-refractivity contribution is 6.06. The lowest BCUT2D eigenvalue weighted by atomic mass is 9.99. The average Bonchev–Trinajstić information content (AvgIpc) is 2.59. The number of carbonyl (C=O) groups is 2. The predicted molar refractivity (Wildman–Crippen MR) is 89.2 cm³/mol. The Kier molecular flexibility index (Phi) is 4.31. The molecule has 2 aromatic carbocycles. The Bertz CT molecular complexity index is 895. The van der Waals surface area contributed by atoms with Gasteiger partial charge >= 0.3 is 0 Å². The molecule has 1 amide bonds. The number of halogens is 1. The van der Waals surface area contributed by atoms with Crippen LogP contribution in [0.5, 0.6) is 0 Å². The molecule has 0 fully saturated rings. The zero-order valence-corrected chi connectivity index (χ0v) is 13.5. The van der Waals surface area contributed by atoms with Gasteiger partial charge in [-0.1, -0.05) is 0 Å². The molecule has 0 aromatic heterocycles. The SMILES string of the molecule is Cc1cc(C(=O)CN2C(=O)CCc3cc([N+](=O)[O-])ccc32)ccc1F. The first-order valence-electron chi connectivity index (χ1n) is 7.74. The lowest BCUT2D eigenvalue weighted by Crippen LogP contribution is -2.39. The number of benzene rings is 2. The highest BCUT2D eigenvalue weighted by atomic mass is 19.1. The van der Waals surface area contributed by atoms with E-state index in [0.29, 0.717) is 28.8 Å². The molecule has 128 valence electrons. The highest BCUT2D eigenvalue weighted by Gasteiger charge is 2.27. The van der Waals surface area contributed by atoms with Crippen molar-refractivity contribution in [3.63, 3.8) is 0 Å². The van der Waals surface area contributed by atoms with Gasteiger partial charge in [-0.25, -0.2) is 4.39 Å². The fraction of sp³-hybridized carbons (Fsp3) is 0.222. The van der Waals surface area contributed by atoms with Crippen molar-refractivity contribution >= 4 is 23.1 Å². The molecule has 0 unspecified atom stereocenters. The number of ketones is 1. The van der Waals surface area contributed by atoms with Crippen LogP contribution in [-0.4, -0.2) is 23.2 Å². The number of hydrogen-bond donors (Lipinski definition) is 0. The Labute approximate surface area is 143 Å². The number of fused-ring (bicyclic) bond motifs is 1. The zero-order valence-electron chi connectivity index (χ0n) is 13.5. The van der Waals surface area contributed by atoms with Gasteiger partial charge in [0.25, 0.3) is 5.69 Å². The molecule has 0 saturated carbocycles. The monoisotopic (exact) mass is 342 g/mol. The van der Waals surface area contributed by atoms with Crippen LogP contribution in [0.4, 0.5) is 15.8 Å². The van der Waals surface area contributed by atoms with Gasteiger partial charge < -0.3 is 4.90 Å². The van der Waals surface area contributed by atoms with Crippen LogP contribution < -0.4 is 4.90 Å². The van der Waals surface area contributed by atoms with E-state index in [-0.39, 0.29) is 30.3 Å². The summed E-state index contributed by atoms with van der Waals surface area (Å²) < 4.78 is 13.4. The minimum Gasteiger partial charge on any atom is -0.304 e. The van der Waals surface area contributed by atoms with Gasteiger partial charge in [0.1, 0.15) is 5.82 Å². The Morgan fingerprint density at radius 1 is 1.24 bits per heavy atom. The number of anilines is 1. The Morgan fingerprint density at radius 2 is 2.00 bits per heavy atom. The van der Waals surface area contributed by atoms with Crippen molar-refractivity contribution in [2.45, 2.75) is 19.8 Å². The van der Waals surface area contributed by atoms with Crippen LogP contribution >= 0.6 is 0 Å². The normalized spacial score (nSPS) is 13.5. The maximum Gasteiger partial charge on any atom is 0.269 e. The number of carbonyl (C=O) groups excluding carboxylic acids is 2. The van der Waals surface area contributed by atoms with E-state index in [0.717, 1.165) is 0 Å². The highest BCUT2D eigenvalue weighted by Crippen LogP contribution is 2.31. The Morgan fingerprint density at radius 3 is 2.68 bits per heavy atom. The molecule has 0 aliphatic carbocycles. The van der Waals surface area contributed by atoms with Crippen molar-refractivity contribution < 1.29 is 18.9 Å². The molecule has 1 aliphatic heterocycles. The topological polar surface area (TPSA) is 80.5 Å². The van der Waals surface area contributed by atoms with E-state index in [4.69, 9.17) is 0 Å². The molecular formula is C18H15FN2O4. The fourth-order valence-corrected chi connectivity index (χ4v) is 2.89. The first kappa shape index (κ1) is 16.8. The van der Waals surface area contributed by atoms with E-state index < -0.39 is 10.7 Å². The van der Waals surface area contributed by atoms with Crippen molar-refractivity contribution in [1.82, 2.24) is 0 Å². The van der Waals surface area contributed by atoms with Crippen molar-refractivity contribution in [2.24, 2.45) is 0 Å². The van der Waals surface area contributed by atoms with Crippen molar-refractivity contribution in [2.75, 3.05) is 11.4 Å². The van der Waals surface area contributed by atoms with Crippen LogP contribution in [0, 0.1) is 22.9 Å². The molecule has 0 atom stereocenters. The third-order valence-electron chi connectivity index (χ3n) is 4.26. The van der Waals surface area contributed by atoms with Crippen LogP contribution in [0.15, 0.2) is 36.4 Å². The summed E-state index contributed by atoms with van der Waals surface area (Å²) in [5.74, 6) is -0.931. The molecule has 6 nitrogen and oxygen atoms in total. The summed E-state index contributed by atoms with van der Waals surface area (Å²) in [5, 5.41) is 10.9. The number of nitro groups is 1. The van der Waals surface area contributed by atoms with Gasteiger partial charge in [0.15, 0.2) is 5.78 Å². The summed E-state index contributed by atoms with van der Waals surface area (Å²) in [7, 11) is 0. The number of hydrogen-bond acceptors (Lipinski definition) is 4. The summed E-state index contributed by atoms with van der Waals surface area (Å²) in [6, 6.07) is 8.29. The van der Waals surface area contributed by atoms with E-state index in [1.165, 1.54) is 41.3 Å². The summed E-state index contributed by atoms with van der Waals surface area (Å²) >= 11 is 0. The molecule has 0 N–H and O–H groups in total. The smallest absolute Gasteiger partial charge is 0.269 e. The number of nitro benzene ring substituents is 1. The summed E-state index contributed by atoms with van der Waals surface area (Å²) in [6.45, 7) is 1.38. The molecule has 1 aliphatic rings. The van der Waals surface area contributed by atoms with Gasteiger partial charge in [0.2, 0.25) is 5.91 Å². The number of nitrogens with zero attached hydrogens (tertiary/aromatic N) is 2. The average molecular weight is 342 g/mol. The van der Waals surface area contributed by atoms with Gasteiger partial charge in [0.05, 0.1) is 11.5 Å². The number of amides is 1. The standard InChI is InChI=1S/C18H15FN2O4/c1-11-8-13(2-5-15(11)19)17(22)10-20-16-6-4-14(21(24)25)9-12(16)3-7-18(20)23/h2,4-6,8-9H,3,7,10H2,1H3. The number of Topliss-reactive ketones (excluding diaryl/α,β-unsaturated/α-hetero) is 1. The molecule has 0 bridgehead atoms. The van der Waals surface area contributed by atoms with Gasteiger partial charge in [-0.05, 0) is 48.7 Å². The molecular weight excluding hydrogens is 327 g/mol. The van der Waals surface area contributed by atoms with Gasteiger partial charge in [0, 0.05) is 29.8 Å². The first-order valence-corrected chi connectivity index (χ1v) is 7.74. The number of non-ortho nitro benzene ring substituents is 1. The predicted octanol–water partition coefficient (Wildman–Crippen LogP) is 3.20. The Hall–Kier alpha value is -3.09. The molecule has 0 radical (unpaired) electrons. The first-order chi connectivity index (χ1) is 11.9. The third kappa shape index (κ3) is 3.26. The molecule has 0 saturated heterocycles. The quantitative estimate of drug-likeness (QED) is 0.485. The summed E-state index contributed by atoms with van der Waals surface area (Å²) in [4.78, 5) is 36.5. The van der Waals surface area contributed by atoms with Crippen molar-refractivity contribution in [3.05, 3.63) is 69.0 Å².